The van der Waals surface area contributed by atoms with Crippen LogP contribution >= 0.6 is 12.4 Å². The highest BCUT2D eigenvalue weighted by Gasteiger charge is 2.17. The number of halogens is 1. The lowest BCUT2D eigenvalue weighted by Gasteiger charge is -2.22. The molecule has 2 N–H and O–H groups in total. The van der Waals surface area contributed by atoms with Crippen molar-refractivity contribution >= 4 is 18.3 Å². The van der Waals surface area contributed by atoms with Crippen molar-refractivity contribution in [3.8, 4) is 0 Å². The first-order valence-corrected chi connectivity index (χ1v) is 6.92. The number of hydrogen-bond acceptors (Lipinski definition) is 3. The van der Waals surface area contributed by atoms with Gasteiger partial charge in [-0.05, 0) is 44.6 Å². The van der Waals surface area contributed by atoms with E-state index < -0.39 is 0 Å². The molecule has 18 heavy (non-hydrogen) atoms. The molecule has 0 aromatic carbocycles. The van der Waals surface area contributed by atoms with Crippen LogP contribution in [0.4, 0.5) is 0 Å². The van der Waals surface area contributed by atoms with E-state index in [0.29, 0.717) is 18.4 Å². The van der Waals surface area contributed by atoms with Gasteiger partial charge in [-0.15, -0.1) is 12.4 Å². The highest BCUT2D eigenvalue weighted by Crippen LogP contribution is 2.13. The highest BCUT2D eigenvalue weighted by atomic mass is 35.5. The van der Waals surface area contributed by atoms with Crippen LogP contribution in [-0.4, -0.2) is 38.3 Å². The number of rotatable bonds is 5. The molecule has 0 aromatic rings. The van der Waals surface area contributed by atoms with Gasteiger partial charge in [-0.3, -0.25) is 4.79 Å². The lowest BCUT2D eigenvalue weighted by atomic mass is 10.0. The third kappa shape index (κ3) is 5.55. The van der Waals surface area contributed by atoms with E-state index in [0.717, 1.165) is 39.1 Å². The zero-order chi connectivity index (χ0) is 11.9. The quantitative estimate of drug-likeness (QED) is 0.800. The third-order valence-corrected chi connectivity index (χ3v) is 3.72. The summed E-state index contributed by atoms with van der Waals surface area (Å²) in [5.41, 5.74) is 0. The second-order valence-electron chi connectivity index (χ2n) is 5.22. The number of hydrogen-bond donors (Lipinski definition) is 2. The van der Waals surface area contributed by atoms with Crippen LogP contribution in [0.1, 0.15) is 38.5 Å². The lowest BCUT2D eigenvalue weighted by Crippen LogP contribution is -2.34. The maximum absolute atomic E-state index is 11.7. The average molecular weight is 277 g/mol. The van der Waals surface area contributed by atoms with Crippen LogP contribution < -0.4 is 10.6 Å². The van der Waals surface area contributed by atoms with Crippen LogP contribution in [0.15, 0.2) is 0 Å². The summed E-state index contributed by atoms with van der Waals surface area (Å²) in [4.78, 5) is 11.7. The van der Waals surface area contributed by atoms with Crippen LogP contribution in [0, 0.1) is 5.92 Å². The van der Waals surface area contributed by atoms with Gasteiger partial charge in [0.1, 0.15) is 0 Å². The van der Waals surface area contributed by atoms with Gasteiger partial charge in [-0.2, -0.15) is 0 Å². The summed E-state index contributed by atoms with van der Waals surface area (Å²) in [5.74, 6) is 0.724. The molecule has 2 rings (SSSR count). The zero-order valence-electron chi connectivity index (χ0n) is 11.0. The molecule has 0 radical (unpaired) electrons. The molecular weight excluding hydrogens is 252 g/mol. The molecule has 4 nitrogen and oxygen atoms in total. The summed E-state index contributed by atoms with van der Waals surface area (Å²) in [5, 5.41) is 6.45. The Morgan fingerprint density at radius 2 is 2.22 bits per heavy atom. The molecule has 2 atom stereocenters. The summed E-state index contributed by atoms with van der Waals surface area (Å²) in [6, 6.07) is 0.568. The molecule has 2 heterocycles. The van der Waals surface area contributed by atoms with Crippen molar-refractivity contribution in [3.05, 3.63) is 0 Å². The number of carbonyl (C=O) groups is 1. The Morgan fingerprint density at radius 1 is 1.33 bits per heavy atom. The molecular formula is C13H25ClN2O2. The number of ether oxygens (including phenoxy) is 1. The molecule has 0 bridgehead atoms. The van der Waals surface area contributed by atoms with Crippen molar-refractivity contribution in [1.82, 2.24) is 10.6 Å². The van der Waals surface area contributed by atoms with E-state index in [9.17, 15) is 4.79 Å². The monoisotopic (exact) mass is 276 g/mol. The first kappa shape index (κ1) is 15.7. The molecule has 0 aliphatic carbocycles. The minimum atomic E-state index is 0. The van der Waals surface area contributed by atoms with Crippen LogP contribution in [0.3, 0.4) is 0 Å². The van der Waals surface area contributed by atoms with Gasteiger partial charge in [0.15, 0.2) is 0 Å². The van der Waals surface area contributed by atoms with E-state index in [2.05, 4.69) is 10.6 Å². The molecule has 0 saturated carbocycles. The SMILES string of the molecule is Cl.O=C(CCC1CCCN1)NCC1CCCOC1. The summed E-state index contributed by atoms with van der Waals surface area (Å²) in [6.07, 6.45) is 6.44. The van der Waals surface area contributed by atoms with Gasteiger partial charge in [0.25, 0.3) is 0 Å². The number of carbonyl (C=O) groups excluding carboxylic acids is 1. The Bertz CT molecular complexity index is 239. The molecule has 0 aromatic heterocycles. The molecule has 2 fully saturated rings. The summed E-state index contributed by atoms with van der Waals surface area (Å²) < 4.78 is 5.39. The van der Waals surface area contributed by atoms with E-state index >= 15 is 0 Å². The van der Waals surface area contributed by atoms with Crippen LogP contribution in [-0.2, 0) is 9.53 Å². The Balaban J connectivity index is 0.00000162. The summed E-state index contributed by atoms with van der Waals surface area (Å²) in [7, 11) is 0. The molecule has 0 spiro atoms. The van der Waals surface area contributed by atoms with Gasteiger partial charge in [-0.1, -0.05) is 0 Å². The first-order valence-electron chi connectivity index (χ1n) is 6.92. The van der Waals surface area contributed by atoms with E-state index in [-0.39, 0.29) is 18.3 Å². The minimum absolute atomic E-state index is 0. The average Bonchev–Trinajstić information content (AvgIpc) is 2.88. The summed E-state index contributed by atoms with van der Waals surface area (Å²) in [6.45, 7) is 3.60. The molecule has 2 aliphatic rings. The highest BCUT2D eigenvalue weighted by molar-refractivity contribution is 5.85. The zero-order valence-corrected chi connectivity index (χ0v) is 11.8. The van der Waals surface area contributed by atoms with E-state index in [4.69, 9.17) is 4.74 Å². The first-order chi connectivity index (χ1) is 8.34. The van der Waals surface area contributed by atoms with E-state index in [1.807, 2.05) is 0 Å². The predicted molar refractivity (Wildman–Crippen MR) is 74.1 cm³/mol. The fourth-order valence-corrected chi connectivity index (χ4v) is 2.62. The van der Waals surface area contributed by atoms with Crippen molar-refractivity contribution in [1.29, 1.82) is 0 Å². The fraction of sp³-hybridized carbons (Fsp3) is 0.923. The maximum Gasteiger partial charge on any atom is 0.220 e. The maximum atomic E-state index is 11.7. The molecule has 5 heteroatoms. The summed E-state index contributed by atoms with van der Waals surface area (Å²) >= 11 is 0. The smallest absolute Gasteiger partial charge is 0.220 e. The van der Waals surface area contributed by atoms with Gasteiger partial charge < -0.3 is 15.4 Å². The van der Waals surface area contributed by atoms with E-state index in [1.165, 1.54) is 19.3 Å². The van der Waals surface area contributed by atoms with Crippen molar-refractivity contribution in [2.45, 2.75) is 44.6 Å². The van der Waals surface area contributed by atoms with Crippen LogP contribution in [0.2, 0.25) is 0 Å². The largest absolute Gasteiger partial charge is 0.381 e. The van der Waals surface area contributed by atoms with Crippen molar-refractivity contribution in [3.63, 3.8) is 0 Å². The lowest BCUT2D eigenvalue weighted by molar-refractivity contribution is -0.121. The normalized spacial score (nSPS) is 27.6. The topological polar surface area (TPSA) is 50.4 Å². The van der Waals surface area contributed by atoms with Gasteiger partial charge in [-0.25, -0.2) is 0 Å². The van der Waals surface area contributed by atoms with Crippen LogP contribution in [0.25, 0.3) is 0 Å². The van der Waals surface area contributed by atoms with E-state index in [1.54, 1.807) is 0 Å². The Kier molecular flexibility index (Phi) is 7.63. The van der Waals surface area contributed by atoms with Gasteiger partial charge in [0, 0.05) is 25.6 Å². The second kappa shape index (κ2) is 8.73. The minimum Gasteiger partial charge on any atom is -0.381 e. The number of amides is 1. The standard InChI is InChI=1S/C13H24N2O2.ClH/c16-13(6-5-12-4-1-7-14-12)15-9-11-3-2-8-17-10-11;/h11-12,14H,1-10H2,(H,15,16);1H. The molecule has 1 amide bonds. The molecule has 2 saturated heterocycles. The Hall–Kier alpha value is -0.320. The fourth-order valence-electron chi connectivity index (χ4n) is 2.62. The van der Waals surface area contributed by atoms with Crippen molar-refractivity contribution in [2.24, 2.45) is 5.92 Å². The molecule has 106 valence electrons. The van der Waals surface area contributed by atoms with Gasteiger partial charge in [0.2, 0.25) is 5.91 Å². The van der Waals surface area contributed by atoms with Crippen molar-refractivity contribution < 1.29 is 9.53 Å². The van der Waals surface area contributed by atoms with Crippen LogP contribution in [0.5, 0.6) is 0 Å². The van der Waals surface area contributed by atoms with Gasteiger partial charge >= 0.3 is 0 Å². The third-order valence-electron chi connectivity index (χ3n) is 3.72. The predicted octanol–water partition coefficient (Wildman–Crippen LogP) is 1.48. The van der Waals surface area contributed by atoms with Gasteiger partial charge in [0.05, 0.1) is 6.61 Å². The molecule has 2 aliphatic heterocycles. The van der Waals surface area contributed by atoms with Crippen molar-refractivity contribution in [2.75, 3.05) is 26.3 Å². The second-order valence-corrected chi connectivity index (χ2v) is 5.22. The Morgan fingerprint density at radius 3 is 2.89 bits per heavy atom. The number of nitrogens with one attached hydrogen (secondary N) is 2. The Labute approximate surface area is 116 Å². The molecule has 2 unspecified atom stereocenters.